The SMILES string of the molecule is CCNc1ncc(C(=O)NCCC(O)C(C)C)s1. The summed E-state index contributed by atoms with van der Waals surface area (Å²) in [4.78, 5) is 16.4. The Kier molecular flexibility index (Phi) is 6.07. The van der Waals surface area contributed by atoms with Crippen molar-refractivity contribution in [2.45, 2.75) is 33.3 Å². The van der Waals surface area contributed by atoms with Crippen LogP contribution < -0.4 is 10.6 Å². The van der Waals surface area contributed by atoms with Gasteiger partial charge in [-0.05, 0) is 19.3 Å². The summed E-state index contributed by atoms with van der Waals surface area (Å²) in [6.07, 6.45) is 1.77. The number of nitrogens with zero attached hydrogens (tertiary/aromatic N) is 1. The van der Waals surface area contributed by atoms with E-state index in [1.54, 1.807) is 6.20 Å². The van der Waals surface area contributed by atoms with Crippen molar-refractivity contribution in [3.63, 3.8) is 0 Å². The number of aliphatic hydroxyl groups excluding tert-OH is 1. The Morgan fingerprint density at radius 1 is 1.56 bits per heavy atom. The molecule has 3 N–H and O–H groups in total. The number of aliphatic hydroxyl groups is 1. The topological polar surface area (TPSA) is 74.2 Å². The molecule has 1 aromatic rings. The van der Waals surface area contributed by atoms with Crippen LogP contribution in [0.2, 0.25) is 0 Å². The molecule has 18 heavy (non-hydrogen) atoms. The summed E-state index contributed by atoms with van der Waals surface area (Å²) in [5, 5.41) is 16.2. The van der Waals surface area contributed by atoms with Gasteiger partial charge in [0.1, 0.15) is 4.88 Å². The highest BCUT2D eigenvalue weighted by Gasteiger charge is 2.12. The van der Waals surface area contributed by atoms with E-state index in [1.807, 2.05) is 20.8 Å². The van der Waals surface area contributed by atoms with Gasteiger partial charge in [-0.25, -0.2) is 4.98 Å². The average molecular weight is 271 g/mol. The summed E-state index contributed by atoms with van der Waals surface area (Å²) < 4.78 is 0. The van der Waals surface area contributed by atoms with Crippen LogP contribution in [0.3, 0.4) is 0 Å². The number of anilines is 1. The Morgan fingerprint density at radius 3 is 2.89 bits per heavy atom. The van der Waals surface area contributed by atoms with Gasteiger partial charge in [0.2, 0.25) is 0 Å². The second kappa shape index (κ2) is 7.33. The first-order valence-corrected chi connectivity index (χ1v) is 7.02. The number of nitrogens with one attached hydrogen (secondary N) is 2. The first-order valence-electron chi connectivity index (χ1n) is 6.20. The van der Waals surface area contributed by atoms with Crippen molar-refractivity contribution < 1.29 is 9.90 Å². The number of hydrogen-bond donors (Lipinski definition) is 3. The van der Waals surface area contributed by atoms with E-state index in [-0.39, 0.29) is 17.9 Å². The van der Waals surface area contributed by atoms with E-state index in [0.29, 0.717) is 17.8 Å². The summed E-state index contributed by atoms with van der Waals surface area (Å²) in [6, 6.07) is 0. The smallest absolute Gasteiger partial charge is 0.263 e. The quantitative estimate of drug-likeness (QED) is 0.706. The third kappa shape index (κ3) is 4.62. The van der Waals surface area contributed by atoms with E-state index in [0.717, 1.165) is 11.7 Å². The molecular weight excluding hydrogens is 250 g/mol. The molecule has 0 aliphatic heterocycles. The molecule has 102 valence electrons. The van der Waals surface area contributed by atoms with Crippen LogP contribution in [0.5, 0.6) is 0 Å². The zero-order valence-corrected chi connectivity index (χ0v) is 11.9. The third-order valence-electron chi connectivity index (χ3n) is 2.55. The summed E-state index contributed by atoms with van der Waals surface area (Å²) in [7, 11) is 0. The van der Waals surface area contributed by atoms with Gasteiger partial charge in [0.05, 0.1) is 12.3 Å². The largest absolute Gasteiger partial charge is 0.393 e. The minimum Gasteiger partial charge on any atom is -0.393 e. The Balaban J connectivity index is 2.36. The van der Waals surface area contributed by atoms with E-state index < -0.39 is 0 Å². The van der Waals surface area contributed by atoms with Crippen LogP contribution in [0.4, 0.5) is 5.13 Å². The maximum absolute atomic E-state index is 11.8. The molecule has 1 atom stereocenters. The lowest BCUT2D eigenvalue weighted by molar-refractivity contribution is 0.0923. The van der Waals surface area contributed by atoms with Crippen molar-refractivity contribution in [2.24, 2.45) is 5.92 Å². The second-order valence-corrected chi connectivity index (χ2v) is 5.45. The molecule has 0 aliphatic rings. The monoisotopic (exact) mass is 271 g/mol. The molecule has 1 unspecified atom stereocenters. The van der Waals surface area contributed by atoms with Gasteiger partial charge in [-0.1, -0.05) is 25.2 Å². The van der Waals surface area contributed by atoms with E-state index in [1.165, 1.54) is 11.3 Å². The van der Waals surface area contributed by atoms with E-state index in [9.17, 15) is 9.90 Å². The standard InChI is InChI=1S/C12H21N3O2S/c1-4-13-12-15-7-10(18-12)11(17)14-6-5-9(16)8(2)3/h7-9,16H,4-6H2,1-3H3,(H,13,15)(H,14,17). The lowest BCUT2D eigenvalue weighted by Gasteiger charge is -2.14. The molecule has 0 saturated heterocycles. The fourth-order valence-electron chi connectivity index (χ4n) is 1.37. The zero-order valence-electron chi connectivity index (χ0n) is 11.1. The lowest BCUT2D eigenvalue weighted by Crippen LogP contribution is -2.28. The number of carbonyl (C=O) groups is 1. The van der Waals surface area contributed by atoms with Crippen LogP contribution in [0.25, 0.3) is 0 Å². The van der Waals surface area contributed by atoms with Crippen molar-refractivity contribution in [1.82, 2.24) is 10.3 Å². The molecule has 0 bridgehead atoms. The fourth-order valence-corrected chi connectivity index (χ4v) is 2.17. The van der Waals surface area contributed by atoms with Crippen LogP contribution in [-0.4, -0.2) is 35.2 Å². The number of hydrogen-bond acceptors (Lipinski definition) is 5. The molecule has 1 heterocycles. The van der Waals surface area contributed by atoms with E-state index >= 15 is 0 Å². The molecule has 1 amide bonds. The average Bonchev–Trinajstić information content (AvgIpc) is 2.77. The number of thiazole rings is 1. The van der Waals surface area contributed by atoms with Gasteiger partial charge in [0.25, 0.3) is 5.91 Å². The molecule has 0 radical (unpaired) electrons. The minimum absolute atomic E-state index is 0.132. The highest BCUT2D eigenvalue weighted by atomic mass is 32.1. The molecule has 0 fully saturated rings. The van der Waals surface area contributed by atoms with Crippen LogP contribution in [0, 0.1) is 5.92 Å². The summed E-state index contributed by atoms with van der Waals surface area (Å²) in [5.74, 6) is 0.0817. The lowest BCUT2D eigenvalue weighted by atomic mass is 10.0. The molecular formula is C12H21N3O2S. The van der Waals surface area contributed by atoms with Gasteiger partial charge in [-0.15, -0.1) is 0 Å². The minimum atomic E-state index is -0.371. The molecule has 1 aromatic heterocycles. The number of amides is 1. The van der Waals surface area contributed by atoms with Crippen LogP contribution in [0.1, 0.15) is 36.9 Å². The van der Waals surface area contributed by atoms with Gasteiger partial charge < -0.3 is 15.7 Å². The Morgan fingerprint density at radius 2 is 2.28 bits per heavy atom. The second-order valence-electron chi connectivity index (χ2n) is 4.42. The highest BCUT2D eigenvalue weighted by molar-refractivity contribution is 7.17. The highest BCUT2D eigenvalue weighted by Crippen LogP contribution is 2.17. The van der Waals surface area contributed by atoms with Gasteiger partial charge >= 0.3 is 0 Å². The van der Waals surface area contributed by atoms with Gasteiger partial charge in [-0.3, -0.25) is 4.79 Å². The number of carbonyl (C=O) groups excluding carboxylic acids is 1. The van der Waals surface area contributed by atoms with E-state index in [4.69, 9.17) is 0 Å². The zero-order chi connectivity index (χ0) is 13.5. The number of aromatic nitrogens is 1. The summed E-state index contributed by atoms with van der Waals surface area (Å²) in [6.45, 7) is 7.16. The predicted molar refractivity (Wildman–Crippen MR) is 74.1 cm³/mol. The Hall–Kier alpha value is -1.14. The van der Waals surface area contributed by atoms with Crippen molar-refractivity contribution in [1.29, 1.82) is 0 Å². The summed E-state index contributed by atoms with van der Waals surface area (Å²) >= 11 is 1.33. The van der Waals surface area contributed by atoms with Crippen molar-refractivity contribution >= 4 is 22.4 Å². The maximum Gasteiger partial charge on any atom is 0.263 e. The van der Waals surface area contributed by atoms with E-state index in [2.05, 4.69) is 15.6 Å². The molecule has 0 saturated carbocycles. The van der Waals surface area contributed by atoms with Gasteiger partial charge in [0.15, 0.2) is 5.13 Å². The molecule has 0 spiro atoms. The third-order valence-corrected chi connectivity index (χ3v) is 3.51. The van der Waals surface area contributed by atoms with Crippen LogP contribution in [-0.2, 0) is 0 Å². The normalized spacial score (nSPS) is 12.5. The first kappa shape index (κ1) is 14.9. The molecule has 0 aromatic carbocycles. The first-order chi connectivity index (χ1) is 8.54. The fraction of sp³-hybridized carbons (Fsp3) is 0.667. The number of rotatable bonds is 7. The van der Waals surface area contributed by atoms with Gasteiger partial charge in [0, 0.05) is 13.1 Å². The maximum atomic E-state index is 11.8. The van der Waals surface area contributed by atoms with Gasteiger partial charge in [-0.2, -0.15) is 0 Å². The predicted octanol–water partition coefficient (Wildman–Crippen LogP) is 1.71. The molecule has 0 aliphatic carbocycles. The summed E-state index contributed by atoms with van der Waals surface area (Å²) in [5.41, 5.74) is 0. The molecule has 1 rings (SSSR count). The molecule has 5 nitrogen and oxygen atoms in total. The Labute approximate surface area is 112 Å². The molecule has 6 heteroatoms. The van der Waals surface area contributed by atoms with Crippen molar-refractivity contribution in [2.75, 3.05) is 18.4 Å². The Bertz CT molecular complexity index is 379. The van der Waals surface area contributed by atoms with Crippen molar-refractivity contribution in [3.8, 4) is 0 Å². The van der Waals surface area contributed by atoms with Crippen LogP contribution in [0.15, 0.2) is 6.20 Å². The van der Waals surface area contributed by atoms with Crippen molar-refractivity contribution in [3.05, 3.63) is 11.1 Å². The van der Waals surface area contributed by atoms with Crippen LogP contribution >= 0.6 is 11.3 Å².